The summed E-state index contributed by atoms with van der Waals surface area (Å²) in [6.07, 6.45) is 0.624. The van der Waals surface area contributed by atoms with E-state index >= 15 is 0 Å². The number of rotatable bonds is 3. The van der Waals surface area contributed by atoms with Crippen LogP contribution in [-0.4, -0.2) is 75.8 Å². The Labute approximate surface area is 103 Å². The van der Waals surface area contributed by atoms with Gasteiger partial charge in [0.15, 0.2) is 0 Å². The van der Waals surface area contributed by atoms with E-state index in [0.717, 1.165) is 26.1 Å². The lowest BCUT2D eigenvalue weighted by Gasteiger charge is -2.46. The number of likely N-dealkylation sites (N-methyl/N-ethyl adjacent to an activating group) is 1. The summed E-state index contributed by atoms with van der Waals surface area (Å²) in [5.74, 6) is 0. The summed E-state index contributed by atoms with van der Waals surface area (Å²) in [4.78, 5) is 4.02. The molecule has 0 aromatic carbocycles. The topological polar surface area (TPSA) is 67.2 Å². The maximum Gasteiger partial charge on any atom is 0.137 e. The summed E-state index contributed by atoms with van der Waals surface area (Å²) in [6, 6.07) is -0.359. The van der Waals surface area contributed by atoms with Gasteiger partial charge in [0, 0.05) is 26.1 Å². The van der Waals surface area contributed by atoms with E-state index in [-0.39, 0.29) is 6.04 Å². The van der Waals surface area contributed by atoms with Gasteiger partial charge in [-0.05, 0) is 19.9 Å². The minimum Gasteiger partial charge on any atom is -0.390 e. The van der Waals surface area contributed by atoms with Gasteiger partial charge in [-0.1, -0.05) is 6.92 Å². The molecule has 0 spiro atoms. The fourth-order valence-corrected chi connectivity index (χ4v) is 3.25. The van der Waals surface area contributed by atoms with Crippen molar-refractivity contribution in [2.24, 2.45) is 0 Å². The average molecular weight is 244 g/mol. The molecule has 0 aliphatic carbocycles. The van der Waals surface area contributed by atoms with Gasteiger partial charge in [0.25, 0.3) is 0 Å². The molecule has 0 amide bonds. The molecule has 17 heavy (non-hydrogen) atoms. The van der Waals surface area contributed by atoms with Crippen molar-refractivity contribution >= 4 is 0 Å². The zero-order valence-corrected chi connectivity index (χ0v) is 10.7. The number of hydrogen-bond donors (Lipinski definition) is 3. The molecule has 2 rings (SSSR count). The summed E-state index contributed by atoms with van der Waals surface area (Å²) in [6.45, 7) is 4.41. The molecule has 3 N–H and O–H groups in total. The van der Waals surface area contributed by atoms with Crippen LogP contribution in [-0.2, 0) is 0 Å². The molecule has 0 radical (unpaired) electrons. The van der Waals surface area contributed by atoms with Crippen molar-refractivity contribution in [2.45, 2.75) is 50.2 Å². The predicted octanol–water partition coefficient (Wildman–Crippen LogP) is -0.783. The van der Waals surface area contributed by atoms with Gasteiger partial charge in [0.05, 0.1) is 18.2 Å². The lowest BCUT2D eigenvalue weighted by molar-refractivity contribution is -0.174. The van der Waals surface area contributed by atoms with E-state index in [4.69, 9.17) is 0 Å². The van der Waals surface area contributed by atoms with Gasteiger partial charge in [0.2, 0.25) is 0 Å². The van der Waals surface area contributed by atoms with Gasteiger partial charge in [-0.25, -0.2) is 0 Å². The summed E-state index contributed by atoms with van der Waals surface area (Å²) < 4.78 is 0. The molecule has 5 heteroatoms. The van der Waals surface area contributed by atoms with Crippen molar-refractivity contribution in [3.05, 3.63) is 0 Å². The first kappa shape index (κ1) is 13.2. The number of fused-ring (bicyclic) bond motifs is 1. The first-order valence-electron chi connectivity index (χ1n) is 6.54. The van der Waals surface area contributed by atoms with Crippen LogP contribution >= 0.6 is 0 Å². The third-order valence-electron chi connectivity index (χ3n) is 4.28. The Morgan fingerprint density at radius 3 is 2.71 bits per heavy atom. The van der Waals surface area contributed by atoms with Gasteiger partial charge in [-0.15, -0.1) is 0 Å². The minimum atomic E-state index is -1.00. The minimum absolute atomic E-state index is 0.359. The average Bonchev–Trinajstić information content (AvgIpc) is 2.64. The molecule has 4 unspecified atom stereocenters. The van der Waals surface area contributed by atoms with Crippen LogP contribution in [0.2, 0.25) is 0 Å². The molecule has 2 aliphatic heterocycles. The van der Waals surface area contributed by atoms with E-state index in [2.05, 4.69) is 11.8 Å². The number of aliphatic hydroxyl groups is 3. The highest BCUT2D eigenvalue weighted by molar-refractivity contribution is 5.06. The smallest absolute Gasteiger partial charge is 0.137 e. The standard InChI is InChI=1S/C12H24N2O3/c1-3-6-13(2)12(17)5-8-14-7-4-9(15)10(16)11(12)14/h9-11,15-17H,3-8H2,1-2H3. The van der Waals surface area contributed by atoms with Crippen molar-refractivity contribution in [3.63, 3.8) is 0 Å². The maximum absolute atomic E-state index is 10.8. The highest BCUT2D eigenvalue weighted by Gasteiger charge is 2.54. The van der Waals surface area contributed by atoms with Crippen molar-refractivity contribution in [1.29, 1.82) is 0 Å². The largest absolute Gasteiger partial charge is 0.390 e. The quantitative estimate of drug-likeness (QED) is 0.568. The lowest BCUT2D eigenvalue weighted by atomic mass is 9.90. The SMILES string of the molecule is CCCN(C)C1(O)CCN2CCC(O)C(O)C21. The Kier molecular flexibility index (Phi) is 3.75. The van der Waals surface area contributed by atoms with Crippen LogP contribution in [0.15, 0.2) is 0 Å². The van der Waals surface area contributed by atoms with Gasteiger partial charge in [-0.3, -0.25) is 9.80 Å². The van der Waals surface area contributed by atoms with Gasteiger partial charge >= 0.3 is 0 Å². The Bertz CT molecular complexity index is 276. The number of piperidine rings is 1. The zero-order valence-electron chi connectivity index (χ0n) is 10.7. The molecule has 0 bridgehead atoms. The van der Waals surface area contributed by atoms with Crippen LogP contribution in [0.25, 0.3) is 0 Å². The molecule has 2 aliphatic rings. The van der Waals surface area contributed by atoms with E-state index in [0.29, 0.717) is 12.8 Å². The van der Waals surface area contributed by atoms with Gasteiger partial charge < -0.3 is 15.3 Å². The Hall–Kier alpha value is -0.200. The Morgan fingerprint density at radius 2 is 2.06 bits per heavy atom. The Balaban J connectivity index is 2.18. The molecule has 5 nitrogen and oxygen atoms in total. The molecule has 0 aromatic heterocycles. The van der Waals surface area contributed by atoms with E-state index < -0.39 is 17.9 Å². The third-order valence-corrected chi connectivity index (χ3v) is 4.28. The van der Waals surface area contributed by atoms with Crippen LogP contribution in [0.1, 0.15) is 26.2 Å². The number of nitrogens with zero attached hydrogens (tertiary/aromatic N) is 2. The Morgan fingerprint density at radius 1 is 1.35 bits per heavy atom. The van der Waals surface area contributed by atoms with Crippen LogP contribution in [0.4, 0.5) is 0 Å². The monoisotopic (exact) mass is 244 g/mol. The molecule has 2 saturated heterocycles. The van der Waals surface area contributed by atoms with E-state index in [1.54, 1.807) is 0 Å². The predicted molar refractivity (Wildman–Crippen MR) is 64.5 cm³/mol. The first-order chi connectivity index (χ1) is 8.00. The highest BCUT2D eigenvalue weighted by atomic mass is 16.3. The van der Waals surface area contributed by atoms with Crippen LogP contribution in [0, 0.1) is 0 Å². The molecular formula is C12H24N2O3. The summed E-state index contributed by atoms with van der Waals surface area (Å²) in [7, 11) is 1.89. The van der Waals surface area contributed by atoms with Gasteiger partial charge in [0.1, 0.15) is 5.72 Å². The molecule has 4 atom stereocenters. The fourth-order valence-electron chi connectivity index (χ4n) is 3.25. The normalized spacial score (nSPS) is 43.1. The zero-order chi connectivity index (χ0) is 12.6. The fraction of sp³-hybridized carbons (Fsp3) is 1.00. The van der Waals surface area contributed by atoms with Gasteiger partial charge in [-0.2, -0.15) is 0 Å². The molecule has 0 aromatic rings. The second-order valence-electron chi connectivity index (χ2n) is 5.38. The van der Waals surface area contributed by atoms with E-state index in [1.807, 2.05) is 11.9 Å². The molecular weight excluding hydrogens is 220 g/mol. The van der Waals surface area contributed by atoms with E-state index in [1.165, 1.54) is 0 Å². The van der Waals surface area contributed by atoms with Crippen molar-refractivity contribution in [1.82, 2.24) is 9.80 Å². The van der Waals surface area contributed by atoms with Crippen molar-refractivity contribution in [2.75, 3.05) is 26.7 Å². The number of aliphatic hydroxyl groups excluding tert-OH is 2. The van der Waals surface area contributed by atoms with Crippen LogP contribution in [0.5, 0.6) is 0 Å². The maximum atomic E-state index is 10.8. The summed E-state index contributed by atoms with van der Waals surface area (Å²) >= 11 is 0. The molecule has 100 valence electrons. The molecule has 2 heterocycles. The van der Waals surface area contributed by atoms with Crippen LogP contribution < -0.4 is 0 Å². The van der Waals surface area contributed by atoms with E-state index in [9.17, 15) is 15.3 Å². The van der Waals surface area contributed by atoms with Crippen molar-refractivity contribution < 1.29 is 15.3 Å². The summed E-state index contributed by atoms with van der Waals surface area (Å²) in [5.41, 5.74) is -1.00. The third kappa shape index (κ3) is 2.11. The second-order valence-corrected chi connectivity index (χ2v) is 5.38. The first-order valence-corrected chi connectivity index (χ1v) is 6.54. The van der Waals surface area contributed by atoms with Crippen molar-refractivity contribution in [3.8, 4) is 0 Å². The second kappa shape index (κ2) is 4.82. The molecule has 0 saturated carbocycles. The molecule has 2 fully saturated rings. The lowest BCUT2D eigenvalue weighted by Crippen LogP contribution is -2.64. The number of hydrogen-bond acceptors (Lipinski definition) is 5. The summed E-state index contributed by atoms with van der Waals surface area (Å²) in [5, 5.41) is 30.7. The van der Waals surface area contributed by atoms with Crippen LogP contribution in [0.3, 0.4) is 0 Å². The highest BCUT2D eigenvalue weighted by Crippen LogP contribution is 2.37.